The van der Waals surface area contributed by atoms with E-state index in [4.69, 9.17) is 0 Å². The molecule has 134 valence electrons. The minimum absolute atomic E-state index is 0. The van der Waals surface area contributed by atoms with Crippen molar-refractivity contribution in [2.45, 2.75) is 43.8 Å². The first kappa shape index (κ1) is 18.4. The number of hydrogen-bond donors (Lipinski definition) is 2. The Hall–Kier alpha value is -1.44. The summed E-state index contributed by atoms with van der Waals surface area (Å²) in [6.07, 6.45) is 4.14. The maximum Gasteiger partial charge on any atom is 0.262 e. The lowest BCUT2D eigenvalue weighted by molar-refractivity contribution is -0.122. The Morgan fingerprint density at radius 2 is 1.80 bits per heavy atom. The van der Waals surface area contributed by atoms with Crippen molar-refractivity contribution in [3.8, 4) is 0 Å². The average Bonchev–Trinajstić information content (AvgIpc) is 2.99. The summed E-state index contributed by atoms with van der Waals surface area (Å²) in [5, 5.41) is 6.52. The Morgan fingerprint density at radius 3 is 2.48 bits per heavy atom. The highest BCUT2D eigenvalue weighted by Crippen LogP contribution is 2.28. The van der Waals surface area contributed by atoms with Crippen LogP contribution in [0.2, 0.25) is 0 Å². The molecular weight excluding hydrogens is 410 g/mol. The van der Waals surface area contributed by atoms with Crippen LogP contribution in [0.15, 0.2) is 22.7 Å². The second kappa shape index (κ2) is 7.05. The fourth-order valence-electron chi connectivity index (χ4n) is 4.00. The van der Waals surface area contributed by atoms with Crippen LogP contribution in [-0.2, 0) is 4.79 Å². The van der Waals surface area contributed by atoms with Gasteiger partial charge in [-0.2, -0.15) is 0 Å². The van der Waals surface area contributed by atoms with Crippen LogP contribution in [0.1, 0.15) is 46.4 Å². The number of amides is 3. The summed E-state index contributed by atoms with van der Waals surface area (Å²) in [5.41, 5.74) is 0.706. The lowest BCUT2D eigenvalue weighted by Gasteiger charge is -2.30. The van der Waals surface area contributed by atoms with Gasteiger partial charge >= 0.3 is 0 Å². The van der Waals surface area contributed by atoms with Crippen LogP contribution in [0.5, 0.6) is 0 Å². The summed E-state index contributed by atoms with van der Waals surface area (Å²) in [4.78, 5) is 38.1. The standard InChI is InChI=1S/C17H18BrN3O3.ClH/c18-9-1-4-13-14(5-9)17(24)21(16(13)23)8-15(22)20-12-6-10-2-3-11(7-12)19-10;/h1,4-5,10-12,19H,2-3,6-8H2,(H,20,22);1H. The van der Waals surface area contributed by atoms with Crippen molar-refractivity contribution < 1.29 is 14.4 Å². The van der Waals surface area contributed by atoms with Crippen molar-refractivity contribution in [3.63, 3.8) is 0 Å². The molecule has 0 saturated carbocycles. The Morgan fingerprint density at radius 1 is 1.16 bits per heavy atom. The van der Waals surface area contributed by atoms with Gasteiger partial charge in [0.1, 0.15) is 6.54 Å². The molecule has 0 aliphatic carbocycles. The molecule has 4 rings (SSSR count). The number of benzene rings is 1. The van der Waals surface area contributed by atoms with E-state index in [0.717, 1.165) is 35.1 Å². The molecule has 3 aliphatic heterocycles. The Kier molecular flexibility index (Phi) is 5.18. The van der Waals surface area contributed by atoms with Gasteiger partial charge in [0.05, 0.1) is 11.1 Å². The quantitative estimate of drug-likeness (QED) is 0.721. The first-order valence-electron chi connectivity index (χ1n) is 8.22. The van der Waals surface area contributed by atoms with Gasteiger partial charge in [-0.05, 0) is 43.9 Å². The summed E-state index contributed by atoms with van der Waals surface area (Å²) in [7, 11) is 0. The minimum Gasteiger partial charge on any atom is -0.352 e. The molecule has 1 aromatic carbocycles. The molecule has 3 amide bonds. The third-order valence-corrected chi connectivity index (χ3v) is 5.57. The third-order valence-electron chi connectivity index (χ3n) is 5.07. The lowest BCUT2D eigenvalue weighted by atomic mass is 10.00. The van der Waals surface area contributed by atoms with Gasteiger partial charge in [0.15, 0.2) is 0 Å². The molecule has 0 aromatic heterocycles. The zero-order valence-corrected chi connectivity index (χ0v) is 15.9. The first-order valence-corrected chi connectivity index (χ1v) is 9.01. The van der Waals surface area contributed by atoms with E-state index in [2.05, 4.69) is 26.6 Å². The van der Waals surface area contributed by atoms with Gasteiger partial charge < -0.3 is 10.6 Å². The largest absolute Gasteiger partial charge is 0.352 e. The molecule has 2 unspecified atom stereocenters. The summed E-state index contributed by atoms with van der Waals surface area (Å²) in [6.45, 7) is -0.219. The maximum absolute atomic E-state index is 12.4. The summed E-state index contributed by atoms with van der Waals surface area (Å²) < 4.78 is 0.735. The fourth-order valence-corrected chi connectivity index (χ4v) is 4.36. The van der Waals surface area contributed by atoms with Crippen molar-refractivity contribution in [3.05, 3.63) is 33.8 Å². The molecule has 2 fully saturated rings. The number of nitrogens with zero attached hydrogens (tertiary/aromatic N) is 1. The normalized spacial score (nSPS) is 27.1. The third kappa shape index (κ3) is 3.45. The van der Waals surface area contributed by atoms with E-state index in [1.54, 1.807) is 18.2 Å². The maximum atomic E-state index is 12.4. The Bertz CT molecular complexity index is 730. The molecule has 0 spiro atoms. The molecule has 6 nitrogen and oxygen atoms in total. The minimum atomic E-state index is -0.406. The Balaban J connectivity index is 0.00000182. The second-order valence-corrected chi connectivity index (χ2v) is 7.68. The molecule has 0 radical (unpaired) electrons. The predicted molar refractivity (Wildman–Crippen MR) is 97.9 cm³/mol. The molecule has 2 atom stereocenters. The highest BCUT2D eigenvalue weighted by atomic mass is 79.9. The number of carbonyl (C=O) groups is 3. The molecule has 25 heavy (non-hydrogen) atoms. The van der Waals surface area contributed by atoms with Gasteiger partial charge in [-0.25, -0.2) is 0 Å². The average molecular weight is 429 g/mol. The van der Waals surface area contributed by atoms with E-state index in [0.29, 0.717) is 23.2 Å². The first-order chi connectivity index (χ1) is 11.5. The number of imide groups is 1. The van der Waals surface area contributed by atoms with E-state index in [1.807, 2.05) is 0 Å². The van der Waals surface area contributed by atoms with Crippen LogP contribution in [0.3, 0.4) is 0 Å². The van der Waals surface area contributed by atoms with Crippen LogP contribution in [0.25, 0.3) is 0 Å². The molecule has 8 heteroatoms. The lowest BCUT2D eigenvalue weighted by Crippen LogP contribution is -2.50. The summed E-state index contributed by atoms with van der Waals surface area (Å²) >= 11 is 3.30. The van der Waals surface area contributed by atoms with Crippen LogP contribution in [0, 0.1) is 0 Å². The Labute approximate surface area is 160 Å². The van der Waals surface area contributed by atoms with Crippen molar-refractivity contribution in [2.24, 2.45) is 0 Å². The molecule has 2 bridgehead atoms. The number of carbonyl (C=O) groups excluding carboxylic acids is 3. The van der Waals surface area contributed by atoms with E-state index >= 15 is 0 Å². The van der Waals surface area contributed by atoms with E-state index in [9.17, 15) is 14.4 Å². The summed E-state index contributed by atoms with van der Waals surface area (Å²) in [6, 6.07) is 6.04. The summed E-state index contributed by atoms with van der Waals surface area (Å²) in [5.74, 6) is -1.07. The monoisotopic (exact) mass is 427 g/mol. The van der Waals surface area contributed by atoms with Gasteiger partial charge in [0.2, 0.25) is 5.91 Å². The van der Waals surface area contributed by atoms with Crippen molar-refractivity contribution in [2.75, 3.05) is 6.54 Å². The number of piperidine rings is 1. The van der Waals surface area contributed by atoms with E-state index in [1.165, 1.54) is 0 Å². The SMILES string of the molecule is Cl.O=C(CN1C(=O)c2ccc(Br)cc2C1=O)NC1CC2CCC(C1)N2. The predicted octanol–water partition coefficient (Wildman–Crippen LogP) is 1.87. The van der Waals surface area contributed by atoms with Crippen LogP contribution in [-0.4, -0.2) is 47.3 Å². The highest BCUT2D eigenvalue weighted by molar-refractivity contribution is 9.10. The highest BCUT2D eigenvalue weighted by Gasteiger charge is 2.38. The van der Waals surface area contributed by atoms with Crippen LogP contribution in [0.4, 0.5) is 0 Å². The van der Waals surface area contributed by atoms with E-state index in [-0.39, 0.29) is 30.9 Å². The van der Waals surface area contributed by atoms with Gasteiger partial charge in [-0.3, -0.25) is 19.3 Å². The van der Waals surface area contributed by atoms with Gasteiger partial charge in [-0.1, -0.05) is 15.9 Å². The van der Waals surface area contributed by atoms with Gasteiger partial charge in [-0.15, -0.1) is 12.4 Å². The van der Waals surface area contributed by atoms with Crippen molar-refractivity contribution in [1.29, 1.82) is 0 Å². The number of hydrogen-bond acceptors (Lipinski definition) is 4. The second-order valence-electron chi connectivity index (χ2n) is 6.76. The van der Waals surface area contributed by atoms with Crippen LogP contribution >= 0.6 is 28.3 Å². The molecule has 2 saturated heterocycles. The van der Waals surface area contributed by atoms with Crippen molar-refractivity contribution >= 4 is 46.1 Å². The fraction of sp³-hybridized carbons (Fsp3) is 0.471. The van der Waals surface area contributed by atoms with Gasteiger partial charge in [0, 0.05) is 22.6 Å². The van der Waals surface area contributed by atoms with E-state index < -0.39 is 11.8 Å². The molecule has 2 N–H and O–H groups in total. The molecule has 3 heterocycles. The number of halogens is 2. The van der Waals surface area contributed by atoms with Crippen LogP contribution < -0.4 is 10.6 Å². The zero-order valence-electron chi connectivity index (χ0n) is 13.5. The number of nitrogens with one attached hydrogen (secondary N) is 2. The molecular formula is C17H19BrClN3O3. The topological polar surface area (TPSA) is 78.5 Å². The molecule has 1 aromatic rings. The van der Waals surface area contributed by atoms with Gasteiger partial charge in [0.25, 0.3) is 11.8 Å². The number of rotatable bonds is 3. The smallest absolute Gasteiger partial charge is 0.262 e. The zero-order chi connectivity index (χ0) is 16.8. The van der Waals surface area contributed by atoms with Crippen molar-refractivity contribution in [1.82, 2.24) is 15.5 Å². The number of fused-ring (bicyclic) bond motifs is 3. The molecule has 3 aliphatic rings.